The van der Waals surface area contributed by atoms with E-state index in [1.807, 2.05) is 50.3 Å². The molecule has 5 rings (SSSR count). The molecule has 3 amide bonds. The third-order valence-corrected chi connectivity index (χ3v) is 7.05. The van der Waals surface area contributed by atoms with Gasteiger partial charge in [0.25, 0.3) is 0 Å². The van der Waals surface area contributed by atoms with E-state index in [0.29, 0.717) is 17.9 Å². The fraction of sp³-hybridized carbons (Fsp3) is 0.333. The van der Waals surface area contributed by atoms with Crippen molar-refractivity contribution in [2.75, 3.05) is 16.3 Å². The van der Waals surface area contributed by atoms with Crippen LogP contribution in [-0.4, -0.2) is 30.2 Å². The van der Waals surface area contributed by atoms with Crippen LogP contribution in [0.5, 0.6) is 5.75 Å². The second-order valence-corrected chi connectivity index (χ2v) is 9.27. The van der Waals surface area contributed by atoms with E-state index in [4.69, 9.17) is 4.74 Å². The summed E-state index contributed by atoms with van der Waals surface area (Å²) in [5, 5.41) is 0. The number of rotatable bonds is 4. The van der Waals surface area contributed by atoms with Gasteiger partial charge in [-0.1, -0.05) is 37.3 Å². The van der Waals surface area contributed by atoms with Gasteiger partial charge in [0.1, 0.15) is 5.75 Å². The first-order valence-electron chi connectivity index (χ1n) is 11.6. The van der Waals surface area contributed by atoms with Gasteiger partial charge in [-0.2, -0.15) is 0 Å². The Morgan fingerprint density at radius 1 is 1.00 bits per heavy atom. The summed E-state index contributed by atoms with van der Waals surface area (Å²) in [5.74, 6) is -1.83. The number of anilines is 2. The zero-order chi connectivity index (χ0) is 24.0. The monoisotopic (exact) mass is 458 g/mol. The number of nitrogens with zero attached hydrogens (tertiary/aromatic N) is 2. The normalized spacial score (nSPS) is 26.2. The SMILES string of the molecule is Cc1ccccc1N1C[C@H](C(=O)Oc2ccc(N3C(=O)[C@H]4[C@H](C)C=CC[C@H]4C3=O)cc2)CC1=O. The number of hydrogen-bond acceptors (Lipinski definition) is 5. The van der Waals surface area contributed by atoms with Crippen molar-refractivity contribution in [3.05, 3.63) is 66.2 Å². The first-order chi connectivity index (χ1) is 16.3. The predicted octanol–water partition coefficient (Wildman–Crippen LogP) is 3.66. The number of benzene rings is 2. The molecule has 34 heavy (non-hydrogen) atoms. The summed E-state index contributed by atoms with van der Waals surface area (Å²) in [6.07, 6.45) is 4.63. The average molecular weight is 459 g/mol. The highest BCUT2D eigenvalue weighted by molar-refractivity contribution is 6.22. The Balaban J connectivity index is 1.26. The van der Waals surface area contributed by atoms with Gasteiger partial charge in [-0.25, -0.2) is 0 Å². The van der Waals surface area contributed by atoms with Crippen LogP contribution >= 0.6 is 0 Å². The fourth-order valence-electron chi connectivity index (χ4n) is 5.23. The van der Waals surface area contributed by atoms with Gasteiger partial charge in [-0.05, 0) is 55.2 Å². The number of allylic oxidation sites excluding steroid dienone is 2. The van der Waals surface area contributed by atoms with Crippen LogP contribution in [0.25, 0.3) is 0 Å². The minimum atomic E-state index is -0.564. The number of para-hydroxylation sites is 1. The second kappa shape index (κ2) is 8.56. The van der Waals surface area contributed by atoms with Crippen molar-refractivity contribution in [1.82, 2.24) is 0 Å². The maximum absolute atomic E-state index is 12.9. The van der Waals surface area contributed by atoms with Crippen LogP contribution in [0.15, 0.2) is 60.7 Å². The molecule has 2 aromatic rings. The second-order valence-electron chi connectivity index (χ2n) is 9.27. The smallest absolute Gasteiger partial charge is 0.316 e. The topological polar surface area (TPSA) is 84.0 Å². The number of aryl methyl sites for hydroxylation is 1. The van der Waals surface area contributed by atoms with Crippen LogP contribution in [0.1, 0.15) is 25.3 Å². The quantitative estimate of drug-likeness (QED) is 0.302. The van der Waals surface area contributed by atoms with Crippen molar-refractivity contribution < 1.29 is 23.9 Å². The van der Waals surface area contributed by atoms with Crippen molar-refractivity contribution in [2.24, 2.45) is 23.7 Å². The summed E-state index contributed by atoms with van der Waals surface area (Å²) in [6, 6.07) is 14.0. The minimum Gasteiger partial charge on any atom is -0.426 e. The molecule has 0 spiro atoms. The summed E-state index contributed by atoms with van der Waals surface area (Å²) >= 11 is 0. The fourth-order valence-corrected chi connectivity index (χ4v) is 5.23. The first kappa shape index (κ1) is 22.1. The van der Waals surface area contributed by atoms with Crippen LogP contribution < -0.4 is 14.5 Å². The molecule has 0 unspecified atom stereocenters. The lowest BCUT2D eigenvalue weighted by Gasteiger charge is -2.22. The predicted molar refractivity (Wildman–Crippen MR) is 126 cm³/mol. The number of imide groups is 1. The summed E-state index contributed by atoms with van der Waals surface area (Å²) < 4.78 is 5.53. The number of hydrogen-bond donors (Lipinski definition) is 0. The number of carbonyl (C=O) groups is 4. The molecule has 2 saturated heterocycles. The highest BCUT2D eigenvalue weighted by atomic mass is 16.5. The Kier molecular flexibility index (Phi) is 5.55. The summed E-state index contributed by atoms with van der Waals surface area (Å²) in [4.78, 5) is 54.0. The number of ether oxygens (including phenoxy) is 1. The molecule has 2 aromatic carbocycles. The summed E-state index contributed by atoms with van der Waals surface area (Å²) in [6.45, 7) is 4.16. The van der Waals surface area contributed by atoms with E-state index in [9.17, 15) is 19.2 Å². The molecule has 2 aliphatic heterocycles. The molecular weight excluding hydrogens is 432 g/mol. The van der Waals surface area contributed by atoms with Gasteiger partial charge in [0, 0.05) is 18.7 Å². The Morgan fingerprint density at radius 3 is 2.44 bits per heavy atom. The lowest BCUT2D eigenvalue weighted by molar-refractivity contribution is -0.139. The number of amides is 3. The lowest BCUT2D eigenvalue weighted by atomic mass is 9.78. The van der Waals surface area contributed by atoms with Gasteiger partial charge in [-0.15, -0.1) is 0 Å². The van der Waals surface area contributed by atoms with Gasteiger partial charge < -0.3 is 9.64 Å². The van der Waals surface area contributed by atoms with E-state index in [0.717, 1.165) is 11.3 Å². The number of carbonyl (C=O) groups excluding carboxylic acids is 4. The maximum atomic E-state index is 12.9. The van der Waals surface area contributed by atoms with Crippen LogP contribution in [0, 0.1) is 30.6 Å². The van der Waals surface area contributed by atoms with E-state index >= 15 is 0 Å². The van der Waals surface area contributed by atoms with E-state index in [2.05, 4.69) is 0 Å². The van der Waals surface area contributed by atoms with E-state index in [1.54, 1.807) is 29.2 Å². The van der Waals surface area contributed by atoms with E-state index in [1.165, 1.54) is 4.90 Å². The van der Waals surface area contributed by atoms with E-state index < -0.39 is 11.9 Å². The molecule has 7 nitrogen and oxygen atoms in total. The molecule has 174 valence electrons. The highest BCUT2D eigenvalue weighted by Crippen LogP contribution is 2.40. The van der Waals surface area contributed by atoms with Crippen LogP contribution in [0.2, 0.25) is 0 Å². The van der Waals surface area contributed by atoms with Crippen molar-refractivity contribution >= 4 is 35.1 Å². The standard InChI is InChI=1S/C27H26N2O5/c1-16-6-3-4-9-22(16)28-15-18(14-23(28)30)27(33)34-20-12-10-19(11-13-20)29-25(31)21-8-5-7-17(2)24(21)26(29)32/h3-7,9-13,17-18,21,24H,8,14-15H2,1-2H3/t17-,18-,21-,24+/m1/s1. The lowest BCUT2D eigenvalue weighted by Crippen LogP contribution is -2.31. The molecular formula is C27H26N2O5. The number of esters is 1. The zero-order valence-corrected chi connectivity index (χ0v) is 19.1. The maximum Gasteiger partial charge on any atom is 0.316 e. The molecule has 2 fully saturated rings. The summed E-state index contributed by atoms with van der Waals surface area (Å²) in [5.41, 5.74) is 2.24. The molecule has 0 bridgehead atoms. The Morgan fingerprint density at radius 2 is 1.74 bits per heavy atom. The van der Waals surface area contributed by atoms with Gasteiger partial charge >= 0.3 is 5.97 Å². The van der Waals surface area contributed by atoms with Crippen molar-refractivity contribution in [3.63, 3.8) is 0 Å². The van der Waals surface area contributed by atoms with Gasteiger partial charge in [0.15, 0.2) is 0 Å². The molecule has 0 radical (unpaired) electrons. The number of fused-ring (bicyclic) bond motifs is 1. The largest absolute Gasteiger partial charge is 0.426 e. The molecule has 0 aromatic heterocycles. The van der Waals surface area contributed by atoms with E-state index in [-0.39, 0.29) is 48.4 Å². The Hall–Kier alpha value is -3.74. The van der Waals surface area contributed by atoms with Crippen molar-refractivity contribution in [3.8, 4) is 5.75 Å². The zero-order valence-electron chi connectivity index (χ0n) is 19.1. The van der Waals surface area contributed by atoms with Crippen LogP contribution in [-0.2, 0) is 19.2 Å². The summed E-state index contributed by atoms with van der Waals surface area (Å²) in [7, 11) is 0. The molecule has 0 N–H and O–H groups in total. The molecule has 7 heteroatoms. The molecule has 0 saturated carbocycles. The van der Waals surface area contributed by atoms with Crippen LogP contribution in [0.4, 0.5) is 11.4 Å². The molecule has 4 atom stereocenters. The highest BCUT2D eigenvalue weighted by Gasteiger charge is 2.50. The molecule has 2 heterocycles. The van der Waals surface area contributed by atoms with Crippen LogP contribution in [0.3, 0.4) is 0 Å². The third-order valence-electron chi connectivity index (χ3n) is 7.05. The minimum absolute atomic E-state index is 0.0220. The Labute approximate surface area is 198 Å². The van der Waals surface area contributed by atoms with Gasteiger partial charge in [-0.3, -0.25) is 24.1 Å². The third kappa shape index (κ3) is 3.71. The molecule has 3 aliphatic rings. The van der Waals surface area contributed by atoms with Crippen molar-refractivity contribution in [1.29, 1.82) is 0 Å². The van der Waals surface area contributed by atoms with Crippen molar-refractivity contribution in [2.45, 2.75) is 26.7 Å². The molecule has 1 aliphatic carbocycles. The average Bonchev–Trinajstić information content (AvgIpc) is 3.33. The van der Waals surface area contributed by atoms with Gasteiger partial charge in [0.05, 0.1) is 23.4 Å². The first-order valence-corrected chi connectivity index (χ1v) is 11.6. The van der Waals surface area contributed by atoms with Gasteiger partial charge in [0.2, 0.25) is 17.7 Å². The Bertz CT molecular complexity index is 1200.